The van der Waals surface area contributed by atoms with Crippen molar-refractivity contribution in [2.75, 3.05) is 5.32 Å². The Balaban J connectivity index is 1.79. The molecule has 2 aromatic carbocycles. The van der Waals surface area contributed by atoms with Crippen molar-refractivity contribution in [1.29, 1.82) is 0 Å². The molecule has 3 atom stereocenters. The number of non-ortho nitro benzene ring substituents is 1. The molecular formula is C18H15BrN2O2. The van der Waals surface area contributed by atoms with Crippen LogP contribution in [0.1, 0.15) is 29.5 Å². The molecule has 1 heterocycles. The Labute approximate surface area is 142 Å². The summed E-state index contributed by atoms with van der Waals surface area (Å²) in [5.41, 5.74) is 3.42. The van der Waals surface area contributed by atoms with Gasteiger partial charge in [-0.15, -0.1) is 0 Å². The lowest BCUT2D eigenvalue weighted by atomic mass is 9.77. The fraction of sp³-hybridized carbons (Fsp3) is 0.222. The number of nitro groups is 1. The van der Waals surface area contributed by atoms with Crippen LogP contribution >= 0.6 is 15.9 Å². The topological polar surface area (TPSA) is 55.2 Å². The number of fused-ring (bicyclic) bond motifs is 3. The second kappa shape index (κ2) is 5.49. The first-order valence-electron chi connectivity index (χ1n) is 7.60. The van der Waals surface area contributed by atoms with Crippen molar-refractivity contribution in [1.82, 2.24) is 0 Å². The highest BCUT2D eigenvalue weighted by molar-refractivity contribution is 9.10. The molecule has 1 aliphatic carbocycles. The highest BCUT2D eigenvalue weighted by atomic mass is 79.9. The van der Waals surface area contributed by atoms with Crippen molar-refractivity contribution in [2.45, 2.75) is 18.4 Å². The summed E-state index contributed by atoms with van der Waals surface area (Å²) >= 11 is 3.54. The number of allylic oxidation sites excluding steroid dienone is 2. The van der Waals surface area contributed by atoms with Gasteiger partial charge < -0.3 is 5.32 Å². The zero-order valence-electron chi connectivity index (χ0n) is 12.3. The molecule has 5 heteroatoms. The number of halogens is 1. The normalized spacial score (nSPS) is 24.7. The van der Waals surface area contributed by atoms with E-state index in [9.17, 15) is 10.1 Å². The van der Waals surface area contributed by atoms with Crippen molar-refractivity contribution in [3.05, 3.63) is 80.3 Å². The second-order valence-electron chi connectivity index (χ2n) is 6.06. The molecule has 23 heavy (non-hydrogen) atoms. The summed E-state index contributed by atoms with van der Waals surface area (Å²) in [6, 6.07) is 13.7. The Morgan fingerprint density at radius 2 is 2.09 bits per heavy atom. The predicted octanol–water partition coefficient (Wildman–Crippen LogP) is 5.18. The van der Waals surface area contributed by atoms with Gasteiger partial charge in [-0.3, -0.25) is 10.1 Å². The molecule has 116 valence electrons. The van der Waals surface area contributed by atoms with Crippen molar-refractivity contribution in [3.8, 4) is 0 Å². The third kappa shape index (κ3) is 2.45. The average molecular weight is 371 g/mol. The average Bonchev–Trinajstić information content (AvgIpc) is 3.03. The number of nitro benzene ring substituents is 1. The lowest BCUT2D eigenvalue weighted by Gasteiger charge is -2.37. The zero-order chi connectivity index (χ0) is 16.0. The molecule has 4 rings (SSSR count). The summed E-state index contributed by atoms with van der Waals surface area (Å²) in [5, 5.41) is 14.7. The van der Waals surface area contributed by atoms with E-state index >= 15 is 0 Å². The van der Waals surface area contributed by atoms with Gasteiger partial charge in [-0.1, -0.05) is 40.2 Å². The maximum Gasteiger partial charge on any atom is 0.269 e. The number of nitrogens with zero attached hydrogens (tertiary/aromatic N) is 1. The van der Waals surface area contributed by atoms with Crippen molar-refractivity contribution in [2.24, 2.45) is 5.92 Å². The SMILES string of the molecule is O=[N+]([O-])c1ccc2c(c1)C1C=CCC1[C@@H](c1cccc(Br)c1)N2. The number of hydrogen-bond acceptors (Lipinski definition) is 3. The fourth-order valence-electron chi connectivity index (χ4n) is 3.73. The molecular weight excluding hydrogens is 356 g/mol. The zero-order valence-corrected chi connectivity index (χ0v) is 13.9. The van der Waals surface area contributed by atoms with Gasteiger partial charge in [0.2, 0.25) is 0 Å². The monoisotopic (exact) mass is 370 g/mol. The van der Waals surface area contributed by atoms with Crippen LogP contribution in [-0.2, 0) is 0 Å². The van der Waals surface area contributed by atoms with Crippen LogP contribution in [0.5, 0.6) is 0 Å². The fourth-order valence-corrected chi connectivity index (χ4v) is 4.14. The van der Waals surface area contributed by atoms with Crippen LogP contribution < -0.4 is 5.32 Å². The van der Waals surface area contributed by atoms with E-state index in [4.69, 9.17) is 0 Å². The molecule has 0 fully saturated rings. The summed E-state index contributed by atoms with van der Waals surface area (Å²) < 4.78 is 1.06. The minimum atomic E-state index is -0.325. The van der Waals surface area contributed by atoms with Crippen LogP contribution in [0.25, 0.3) is 0 Å². The highest BCUT2D eigenvalue weighted by Gasteiger charge is 2.38. The molecule has 2 unspecified atom stereocenters. The molecule has 0 spiro atoms. The summed E-state index contributed by atoms with van der Waals surface area (Å²) in [4.78, 5) is 10.7. The maximum absolute atomic E-state index is 11.1. The van der Waals surface area contributed by atoms with Gasteiger partial charge in [-0.25, -0.2) is 0 Å². The minimum Gasteiger partial charge on any atom is -0.378 e. The summed E-state index contributed by atoms with van der Waals surface area (Å²) in [6.07, 6.45) is 5.37. The third-order valence-corrected chi connectivity index (χ3v) is 5.26. The number of benzene rings is 2. The first-order valence-corrected chi connectivity index (χ1v) is 8.40. The number of hydrogen-bond donors (Lipinski definition) is 1. The summed E-state index contributed by atoms with van der Waals surface area (Å²) in [6.45, 7) is 0. The van der Waals surface area contributed by atoms with E-state index in [0.717, 1.165) is 22.1 Å². The van der Waals surface area contributed by atoms with Crippen LogP contribution in [0.3, 0.4) is 0 Å². The van der Waals surface area contributed by atoms with Crippen molar-refractivity contribution < 1.29 is 4.92 Å². The van der Waals surface area contributed by atoms with E-state index in [1.165, 1.54) is 5.56 Å². The van der Waals surface area contributed by atoms with Crippen molar-refractivity contribution >= 4 is 27.3 Å². The predicted molar refractivity (Wildman–Crippen MR) is 93.6 cm³/mol. The maximum atomic E-state index is 11.1. The smallest absolute Gasteiger partial charge is 0.269 e. The van der Waals surface area contributed by atoms with Gasteiger partial charge in [0.25, 0.3) is 5.69 Å². The lowest BCUT2D eigenvalue weighted by Crippen LogP contribution is -2.29. The first kappa shape index (κ1) is 14.5. The third-order valence-electron chi connectivity index (χ3n) is 4.76. The van der Waals surface area contributed by atoms with Crippen LogP contribution in [0, 0.1) is 16.0 Å². The lowest BCUT2D eigenvalue weighted by molar-refractivity contribution is -0.384. The molecule has 2 aliphatic rings. The minimum absolute atomic E-state index is 0.158. The van der Waals surface area contributed by atoms with Crippen molar-refractivity contribution in [3.63, 3.8) is 0 Å². The Hall–Kier alpha value is -2.14. The van der Waals surface area contributed by atoms with Gasteiger partial charge in [-0.2, -0.15) is 0 Å². The first-order chi connectivity index (χ1) is 11.1. The number of rotatable bonds is 2. The van der Waals surface area contributed by atoms with E-state index in [2.05, 4.69) is 45.5 Å². The molecule has 4 nitrogen and oxygen atoms in total. The van der Waals surface area contributed by atoms with E-state index < -0.39 is 0 Å². The Bertz CT molecular complexity index is 818. The van der Waals surface area contributed by atoms with Gasteiger partial charge >= 0.3 is 0 Å². The molecule has 2 aromatic rings. The Kier molecular flexibility index (Phi) is 3.45. The number of anilines is 1. The molecule has 1 N–H and O–H groups in total. The van der Waals surface area contributed by atoms with Gasteiger partial charge in [0.05, 0.1) is 11.0 Å². The molecule has 0 saturated carbocycles. The van der Waals surface area contributed by atoms with Gasteiger partial charge in [0.1, 0.15) is 0 Å². The van der Waals surface area contributed by atoms with E-state index in [-0.39, 0.29) is 22.6 Å². The molecule has 0 saturated heterocycles. The molecule has 0 aromatic heterocycles. The van der Waals surface area contributed by atoms with Crippen LogP contribution in [0.15, 0.2) is 59.1 Å². The largest absolute Gasteiger partial charge is 0.378 e. The second-order valence-corrected chi connectivity index (χ2v) is 6.97. The van der Waals surface area contributed by atoms with Crippen LogP contribution in [-0.4, -0.2) is 4.92 Å². The molecule has 0 radical (unpaired) electrons. The van der Waals surface area contributed by atoms with E-state index in [1.807, 2.05) is 18.2 Å². The van der Waals surface area contributed by atoms with Crippen LogP contribution in [0.2, 0.25) is 0 Å². The van der Waals surface area contributed by atoms with Gasteiger partial charge in [-0.05, 0) is 41.7 Å². The Morgan fingerprint density at radius 3 is 2.87 bits per heavy atom. The number of nitrogens with one attached hydrogen (secondary N) is 1. The van der Waals surface area contributed by atoms with E-state index in [1.54, 1.807) is 12.1 Å². The summed E-state index contributed by atoms with van der Waals surface area (Å²) in [7, 11) is 0. The Morgan fingerprint density at radius 1 is 1.22 bits per heavy atom. The standard InChI is InChI=1S/C18H15BrN2O2/c19-12-4-1-3-11(9-12)18-15-6-2-5-14(15)16-10-13(21(22)23)7-8-17(16)20-18/h1-5,7-10,14-15,18,20H,6H2/t14?,15?,18-/m1/s1. The van der Waals surface area contributed by atoms with E-state index in [0.29, 0.717) is 5.92 Å². The van der Waals surface area contributed by atoms with Crippen LogP contribution in [0.4, 0.5) is 11.4 Å². The quantitative estimate of drug-likeness (QED) is 0.449. The van der Waals surface area contributed by atoms with Gasteiger partial charge in [0.15, 0.2) is 0 Å². The molecule has 1 aliphatic heterocycles. The molecule has 0 amide bonds. The highest BCUT2D eigenvalue weighted by Crippen LogP contribution is 2.50. The summed E-state index contributed by atoms with van der Waals surface area (Å²) in [5.74, 6) is 0.619. The van der Waals surface area contributed by atoms with Gasteiger partial charge in [0, 0.05) is 28.2 Å². The molecule has 0 bridgehead atoms.